The second-order valence-corrected chi connectivity index (χ2v) is 7.51. The summed E-state index contributed by atoms with van der Waals surface area (Å²) in [6.45, 7) is 6.86. The summed E-state index contributed by atoms with van der Waals surface area (Å²) in [5.41, 5.74) is -0.106. The number of thioether (sulfide) groups is 1. The van der Waals surface area contributed by atoms with Crippen molar-refractivity contribution in [2.45, 2.75) is 33.3 Å². The monoisotopic (exact) mass is 379 g/mol. The molecule has 2 rings (SSSR count). The summed E-state index contributed by atoms with van der Waals surface area (Å²) in [6, 6.07) is 4.61. The molecule has 0 aliphatic carbocycles. The van der Waals surface area contributed by atoms with Crippen molar-refractivity contribution in [3.8, 4) is 11.5 Å². The second kappa shape index (κ2) is 7.82. The van der Waals surface area contributed by atoms with E-state index in [9.17, 15) is 19.5 Å². The Hall–Kier alpha value is -2.48. The molecular formula is C18H21NO6S. The number of aromatic hydroxyl groups is 1. The van der Waals surface area contributed by atoms with Crippen LogP contribution in [0.15, 0.2) is 23.1 Å². The van der Waals surface area contributed by atoms with Gasteiger partial charge < -0.3 is 14.6 Å². The van der Waals surface area contributed by atoms with Gasteiger partial charge in [0.1, 0.15) is 12.1 Å². The lowest BCUT2D eigenvalue weighted by Crippen LogP contribution is -2.37. The number of rotatable bonds is 5. The highest BCUT2D eigenvalue weighted by Crippen LogP contribution is 2.34. The highest BCUT2D eigenvalue weighted by molar-refractivity contribution is 8.18. The number of imide groups is 1. The lowest BCUT2D eigenvalue weighted by Gasteiger charge is -2.21. The van der Waals surface area contributed by atoms with Gasteiger partial charge in [-0.15, -0.1) is 0 Å². The summed E-state index contributed by atoms with van der Waals surface area (Å²) in [7, 11) is 0. The van der Waals surface area contributed by atoms with Gasteiger partial charge in [0.15, 0.2) is 11.5 Å². The van der Waals surface area contributed by atoms with Gasteiger partial charge in [-0.25, -0.2) is 0 Å². The van der Waals surface area contributed by atoms with E-state index in [0.29, 0.717) is 12.2 Å². The lowest BCUT2D eigenvalue weighted by molar-refractivity contribution is -0.156. The summed E-state index contributed by atoms with van der Waals surface area (Å²) in [6.07, 6.45) is 1.52. The minimum absolute atomic E-state index is 0.0120. The molecule has 0 bridgehead atoms. The van der Waals surface area contributed by atoms with Crippen LogP contribution in [0.25, 0.3) is 6.08 Å². The van der Waals surface area contributed by atoms with Crippen LogP contribution in [-0.4, -0.2) is 45.9 Å². The van der Waals surface area contributed by atoms with Crippen molar-refractivity contribution in [1.29, 1.82) is 0 Å². The van der Waals surface area contributed by atoms with Crippen molar-refractivity contribution >= 4 is 35.0 Å². The molecule has 7 nitrogen and oxygen atoms in total. The zero-order valence-electron chi connectivity index (χ0n) is 15.1. The average Bonchev–Trinajstić information content (AvgIpc) is 2.76. The Bertz CT molecular complexity index is 765. The van der Waals surface area contributed by atoms with E-state index in [-0.39, 0.29) is 16.4 Å². The Labute approximate surface area is 156 Å². The number of carbonyl (C=O) groups excluding carboxylic acids is 3. The fourth-order valence-corrected chi connectivity index (χ4v) is 3.02. The molecule has 1 aromatic rings. The summed E-state index contributed by atoms with van der Waals surface area (Å²) >= 11 is 0.747. The fourth-order valence-electron chi connectivity index (χ4n) is 2.18. The molecule has 140 valence electrons. The van der Waals surface area contributed by atoms with Crippen LogP contribution in [0.4, 0.5) is 4.79 Å². The normalized spacial score (nSPS) is 16.3. The predicted molar refractivity (Wildman–Crippen MR) is 97.8 cm³/mol. The molecule has 0 unspecified atom stereocenters. The van der Waals surface area contributed by atoms with Crippen molar-refractivity contribution in [1.82, 2.24) is 4.90 Å². The Morgan fingerprint density at radius 3 is 2.62 bits per heavy atom. The quantitative estimate of drug-likeness (QED) is 0.620. The number of hydrogen-bond donors (Lipinski definition) is 1. The van der Waals surface area contributed by atoms with Crippen molar-refractivity contribution in [2.75, 3.05) is 13.2 Å². The Morgan fingerprint density at radius 1 is 1.31 bits per heavy atom. The van der Waals surface area contributed by atoms with Crippen molar-refractivity contribution in [2.24, 2.45) is 0 Å². The van der Waals surface area contributed by atoms with Crippen LogP contribution in [0.2, 0.25) is 0 Å². The molecule has 0 radical (unpaired) electrons. The van der Waals surface area contributed by atoms with Crippen LogP contribution in [0.5, 0.6) is 11.5 Å². The number of amides is 2. The molecule has 8 heteroatoms. The molecule has 26 heavy (non-hydrogen) atoms. The van der Waals surface area contributed by atoms with Crippen molar-refractivity contribution < 1.29 is 29.0 Å². The average molecular weight is 379 g/mol. The van der Waals surface area contributed by atoms with E-state index in [2.05, 4.69) is 0 Å². The van der Waals surface area contributed by atoms with Gasteiger partial charge in [0.25, 0.3) is 11.1 Å². The van der Waals surface area contributed by atoms with Gasteiger partial charge >= 0.3 is 5.97 Å². The Morgan fingerprint density at radius 2 is 2.00 bits per heavy atom. The molecule has 1 fully saturated rings. The molecule has 0 saturated carbocycles. The molecule has 1 N–H and O–H groups in total. The van der Waals surface area contributed by atoms with E-state index in [0.717, 1.165) is 16.7 Å². The van der Waals surface area contributed by atoms with Crippen LogP contribution in [-0.2, 0) is 14.3 Å². The predicted octanol–water partition coefficient (Wildman–Crippen LogP) is 3.17. The highest BCUT2D eigenvalue weighted by atomic mass is 32.2. The first-order valence-corrected chi connectivity index (χ1v) is 8.85. The highest BCUT2D eigenvalue weighted by Gasteiger charge is 2.37. The molecule has 1 aromatic carbocycles. The third-order valence-electron chi connectivity index (χ3n) is 3.16. The van der Waals surface area contributed by atoms with Gasteiger partial charge in [0.2, 0.25) is 0 Å². The van der Waals surface area contributed by atoms with E-state index in [1.807, 2.05) is 0 Å². The third-order valence-corrected chi connectivity index (χ3v) is 4.07. The number of carbonyl (C=O) groups is 3. The maximum absolute atomic E-state index is 12.4. The largest absolute Gasteiger partial charge is 0.504 e. The molecule has 2 amide bonds. The van der Waals surface area contributed by atoms with E-state index in [1.165, 1.54) is 12.1 Å². The number of phenols is 1. The molecule has 0 spiro atoms. The number of esters is 1. The van der Waals surface area contributed by atoms with E-state index < -0.39 is 29.3 Å². The molecule has 1 heterocycles. The molecule has 0 atom stereocenters. The van der Waals surface area contributed by atoms with Crippen LogP contribution >= 0.6 is 11.8 Å². The zero-order chi connectivity index (χ0) is 19.5. The Balaban J connectivity index is 2.16. The minimum atomic E-state index is -0.698. The number of ether oxygens (including phenoxy) is 2. The summed E-state index contributed by atoms with van der Waals surface area (Å²) in [5.74, 6) is -0.933. The first-order valence-electron chi connectivity index (χ1n) is 8.03. The molecule has 1 aliphatic rings. The smallest absolute Gasteiger partial charge is 0.326 e. The molecule has 1 saturated heterocycles. The number of hydrogen-bond acceptors (Lipinski definition) is 7. The molecule has 0 aromatic heterocycles. The fraction of sp³-hybridized carbons (Fsp3) is 0.389. The van der Waals surface area contributed by atoms with E-state index in [4.69, 9.17) is 9.47 Å². The van der Waals surface area contributed by atoms with Gasteiger partial charge in [-0.1, -0.05) is 6.07 Å². The van der Waals surface area contributed by atoms with Gasteiger partial charge in [-0.05, 0) is 63.2 Å². The van der Waals surface area contributed by atoms with Gasteiger partial charge in [0, 0.05) is 0 Å². The van der Waals surface area contributed by atoms with Crippen LogP contribution in [0.3, 0.4) is 0 Å². The van der Waals surface area contributed by atoms with Crippen LogP contribution in [0, 0.1) is 0 Å². The summed E-state index contributed by atoms with van der Waals surface area (Å²) in [4.78, 5) is 37.4. The minimum Gasteiger partial charge on any atom is -0.504 e. The van der Waals surface area contributed by atoms with E-state index >= 15 is 0 Å². The number of nitrogens with zero attached hydrogens (tertiary/aromatic N) is 1. The van der Waals surface area contributed by atoms with Crippen LogP contribution in [0.1, 0.15) is 33.3 Å². The lowest BCUT2D eigenvalue weighted by atomic mass is 10.2. The maximum Gasteiger partial charge on any atom is 0.326 e. The SMILES string of the molecule is CCOc1cc(/C=C2/SC(=O)N(CC(=O)OC(C)(C)C)C2=O)ccc1O. The standard InChI is InChI=1S/C18H21NO6S/c1-5-24-13-8-11(6-7-12(13)20)9-14-16(22)19(17(23)26-14)10-15(21)25-18(2,3)4/h6-9,20H,5,10H2,1-4H3/b14-9+. The van der Waals surface area contributed by atoms with E-state index in [1.54, 1.807) is 39.8 Å². The molecular weight excluding hydrogens is 358 g/mol. The topological polar surface area (TPSA) is 93.1 Å². The second-order valence-electron chi connectivity index (χ2n) is 6.51. The van der Waals surface area contributed by atoms with Crippen molar-refractivity contribution in [3.63, 3.8) is 0 Å². The Kier molecular flexibility index (Phi) is 5.97. The number of phenolic OH excluding ortho intramolecular Hbond substituents is 1. The third kappa shape index (κ3) is 5.01. The first kappa shape index (κ1) is 19.8. The summed E-state index contributed by atoms with van der Waals surface area (Å²) < 4.78 is 10.4. The zero-order valence-corrected chi connectivity index (χ0v) is 15.9. The summed E-state index contributed by atoms with van der Waals surface area (Å²) in [5, 5.41) is 9.19. The van der Waals surface area contributed by atoms with Crippen LogP contribution < -0.4 is 4.74 Å². The van der Waals surface area contributed by atoms with Crippen molar-refractivity contribution in [3.05, 3.63) is 28.7 Å². The molecule has 1 aliphatic heterocycles. The maximum atomic E-state index is 12.4. The number of benzene rings is 1. The van der Waals surface area contributed by atoms with Gasteiger partial charge in [-0.3, -0.25) is 19.3 Å². The van der Waals surface area contributed by atoms with Gasteiger partial charge in [-0.2, -0.15) is 0 Å². The van der Waals surface area contributed by atoms with Gasteiger partial charge in [0.05, 0.1) is 11.5 Å². The first-order chi connectivity index (χ1) is 12.1.